The van der Waals surface area contributed by atoms with Gasteiger partial charge in [-0.3, -0.25) is 9.59 Å². The highest BCUT2D eigenvalue weighted by molar-refractivity contribution is 9.10. The van der Waals surface area contributed by atoms with Gasteiger partial charge in [-0.1, -0.05) is 15.9 Å². The monoisotopic (exact) mass is 315 g/mol. The van der Waals surface area contributed by atoms with Crippen molar-refractivity contribution < 1.29 is 18.4 Å². The molecule has 0 saturated carbocycles. The minimum absolute atomic E-state index is 0.196. The summed E-state index contributed by atoms with van der Waals surface area (Å²) in [6.07, 6.45) is 0. The fourth-order valence-corrected chi connectivity index (χ4v) is 2.10. The van der Waals surface area contributed by atoms with E-state index in [1.807, 2.05) is 0 Å². The second-order valence-electron chi connectivity index (χ2n) is 3.91. The van der Waals surface area contributed by atoms with Crippen molar-refractivity contribution in [2.24, 2.45) is 0 Å². The third-order valence-corrected chi connectivity index (χ3v) is 3.27. The maximum atomic E-state index is 13.7. The largest absolute Gasteiger partial charge is 0.269 e. The first-order valence-corrected chi connectivity index (χ1v) is 5.84. The Hall–Kier alpha value is -1.56. The van der Waals surface area contributed by atoms with Crippen LogP contribution in [0.1, 0.15) is 13.8 Å². The number of imide groups is 1. The first kappa shape index (κ1) is 12.9. The van der Waals surface area contributed by atoms with E-state index in [-0.39, 0.29) is 15.6 Å². The summed E-state index contributed by atoms with van der Waals surface area (Å²) >= 11 is 2.93. The molecule has 0 bridgehead atoms. The van der Waals surface area contributed by atoms with E-state index in [9.17, 15) is 18.4 Å². The maximum absolute atomic E-state index is 13.7. The standard InChI is InChI=1S/C12H8BrF2NO2/c1-5-6(2)12(18)16(11(5)17)10-8(14)3-7(13)4-9(10)15/h3-4H,1-2H3. The smallest absolute Gasteiger partial charge is 0.261 e. The molecule has 3 nitrogen and oxygen atoms in total. The van der Waals surface area contributed by atoms with E-state index in [0.717, 1.165) is 12.1 Å². The molecule has 2 amide bonds. The van der Waals surface area contributed by atoms with Crippen molar-refractivity contribution >= 4 is 33.4 Å². The molecule has 0 N–H and O–H groups in total. The molecule has 0 aromatic heterocycles. The van der Waals surface area contributed by atoms with Gasteiger partial charge in [0.25, 0.3) is 11.8 Å². The zero-order valence-corrected chi connectivity index (χ0v) is 11.1. The predicted octanol–water partition coefficient (Wildman–Crippen LogP) is 2.94. The number of rotatable bonds is 1. The Balaban J connectivity index is 2.60. The van der Waals surface area contributed by atoms with E-state index in [1.54, 1.807) is 0 Å². The van der Waals surface area contributed by atoms with Gasteiger partial charge in [0.2, 0.25) is 0 Å². The first-order valence-electron chi connectivity index (χ1n) is 5.05. The number of halogens is 3. The van der Waals surface area contributed by atoms with Crippen molar-refractivity contribution in [3.63, 3.8) is 0 Å². The topological polar surface area (TPSA) is 37.4 Å². The molecule has 1 aliphatic rings. The van der Waals surface area contributed by atoms with Crippen LogP contribution in [0.25, 0.3) is 0 Å². The van der Waals surface area contributed by atoms with Crippen molar-refractivity contribution in [3.8, 4) is 0 Å². The number of benzene rings is 1. The molecule has 18 heavy (non-hydrogen) atoms. The Labute approximate surface area is 110 Å². The second-order valence-corrected chi connectivity index (χ2v) is 4.83. The van der Waals surface area contributed by atoms with E-state index in [1.165, 1.54) is 13.8 Å². The molecular formula is C12H8BrF2NO2. The lowest BCUT2D eigenvalue weighted by Crippen LogP contribution is -2.33. The number of amides is 2. The third-order valence-electron chi connectivity index (χ3n) is 2.82. The fraction of sp³-hybridized carbons (Fsp3) is 0.167. The molecule has 1 aliphatic heterocycles. The highest BCUT2D eigenvalue weighted by atomic mass is 79.9. The van der Waals surface area contributed by atoms with Gasteiger partial charge in [0.05, 0.1) is 0 Å². The Morgan fingerprint density at radius 1 is 1.00 bits per heavy atom. The molecule has 1 heterocycles. The molecule has 1 aromatic carbocycles. The Morgan fingerprint density at radius 3 is 1.78 bits per heavy atom. The van der Waals surface area contributed by atoms with Crippen LogP contribution in [0.2, 0.25) is 0 Å². The summed E-state index contributed by atoms with van der Waals surface area (Å²) in [5.74, 6) is -3.33. The summed E-state index contributed by atoms with van der Waals surface area (Å²) in [5.41, 5.74) is -0.243. The van der Waals surface area contributed by atoms with Crippen molar-refractivity contribution in [2.75, 3.05) is 4.90 Å². The van der Waals surface area contributed by atoms with Gasteiger partial charge in [-0.25, -0.2) is 13.7 Å². The molecular weight excluding hydrogens is 308 g/mol. The molecule has 0 atom stereocenters. The number of carbonyl (C=O) groups excluding carboxylic acids is 2. The van der Waals surface area contributed by atoms with Gasteiger partial charge in [-0.2, -0.15) is 0 Å². The molecule has 0 spiro atoms. The first-order chi connectivity index (χ1) is 8.34. The van der Waals surface area contributed by atoms with E-state index >= 15 is 0 Å². The minimum atomic E-state index is -0.967. The summed E-state index contributed by atoms with van der Waals surface area (Å²) in [5, 5.41) is 0. The van der Waals surface area contributed by atoms with Gasteiger partial charge in [-0.15, -0.1) is 0 Å². The number of hydrogen-bond donors (Lipinski definition) is 0. The van der Waals surface area contributed by atoms with Gasteiger partial charge >= 0.3 is 0 Å². The highest BCUT2D eigenvalue weighted by Gasteiger charge is 2.37. The number of hydrogen-bond acceptors (Lipinski definition) is 2. The third kappa shape index (κ3) is 1.77. The molecule has 2 rings (SSSR count). The molecule has 0 unspecified atom stereocenters. The van der Waals surface area contributed by atoms with Crippen LogP contribution < -0.4 is 4.90 Å². The highest BCUT2D eigenvalue weighted by Crippen LogP contribution is 2.32. The van der Waals surface area contributed by atoms with Crippen LogP contribution >= 0.6 is 15.9 Å². The summed E-state index contributed by atoms with van der Waals surface area (Å²) in [6, 6.07) is 2.00. The quantitative estimate of drug-likeness (QED) is 0.747. The number of carbonyl (C=O) groups is 2. The Bertz CT molecular complexity index is 563. The molecule has 0 aliphatic carbocycles. The summed E-state index contributed by atoms with van der Waals surface area (Å²) in [6.45, 7) is 2.90. The SMILES string of the molecule is CC1=C(C)C(=O)N(c2c(F)cc(Br)cc2F)C1=O. The van der Waals surface area contributed by atoms with Crippen molar-refractivity contribution in [1.82, 2.24) is 0 Å². The van der Waals surface area contributed by atoms with Crippen molar-refractivity contribution in [2.45, 2.75) is 13.8 Å². The van der Waals surface area contributed by atoms with Crippen LogP contribution in [-0.2, 0) is 9.59 Å². The van der Waals surface area contributed by atoms with E-state index in [0.29, 0.717) is 4.90 Å². The fourth-order valence-electron chi connectivity index (χ4n) is 1.70. The molecule has 1 aromatic rings. The molecule has 6 heteroatoms. The van der Waals surface area contributed by atoms with Crippen molar-refractivity contribution in [3.05, 3.63) is 39.4 Å². The van der Waals surface area contributed by atoms with Gasteiger partial charge in [0.15, 0.2) is 11.6 Å². The number of anilines is 1. The van der Waals surface area contributed by atoms with Gasteiger partial charge in [0, 0.05) is 15.6 Å². The van der Waals surface area contributed by atoms with Crippen LogP contribution in [-0.4, -0.2) is 11.8 Å². The summed E-state index contributed by atoms with van der Waals surface area (Å²) in [7, 11) is 0. The molecule has 0 fully saturated rings. The average molecular weight is 316 g/mol. The Morgan fingerprint density at radius 2 is 1.39 bits per heavy atom. The molecule has 0 radical (unpaired) electrons. The van der Waals surface area contributed by atoms with Crippen molar-refractivity contribution in [1.29, 1.82) is 0 Å². The van der Waals surface area contributed by atoms with Crippen LogP contribution in [0.5, 0.6) is 0 Å². The van der Waals surface area contributed by atoms with Crippen LogP contribution in [0, 0.1) is 11.6 Å². The predicted molar refractivity (Wildman–Crippen MR) is 64.9 cm³/mol. The lowest BCUT2D eigenvalue weighted by Gasteiger charge is -2.16. The van der Waals surface area contributed by atoms with E-state index < -0.39 is 29.1 Å². The van der Waals surface area contributed by atoms with E-state index in [4.69, 9.17) is 0 Å². The Kier molecular flexibility index (Phi) is 3.06. The summed E-state index contributed by atoms with van der Waals surface area (Å²) in [4.78, 5) is 24.2. The van der Waals surface area contributed by atoms with Crippen LogP contribution in [0.3, 0.4) is 0 Å². The lowest BCUT2D eigenvalue weighted by molar-refractivity contribution is -0.120. The minimum Gasteiger partial charge on any atom is -0.269 e. The number of nitrogens with zero attached hydrogens (tertiary/aromatic N) is 1. The average Bonchev–Trinajstić information content (AvgIpc) is 2.45. The second kappa shape index (κ2) is 4.28. The maximum Gasteiger partial charge on any atom is 0.261 e. The van der Waals surface area contributed by atoms with E-state index in [2.05, 4.69) is 15.9 Å². The van der Waals surface area contributed by atoms with Crippen LogP contribution in [0.15, 0.2) is 27.8 Å². The normalized spacial score (nSPS) is 15.9. The van der Waals surface area contributed by atoms with Gasteiger partial charge < -0.3 is 0 Å². The lowest BCUT2D eigenvalue weighted by atomic mass is 10.2. The van der Waals surface area contributed by atoms with Gasteiger partial charge in [-0.05, 0) is 26.0 Å². The van der Waals surface area contributed by atoms with Gasteiger partial charge in [0.1, 0.15) is 5.69 Å². The van der Waals surface area contributed by atoms with Crippen LogP contribution in [0.4, 0.5) is 14.5 Å². The molecule has 94 valence electrons. The molecule has 0 saturated heterocycles. The zero-order chi connectivity index (χ0) is 13.6. The summed E-state index contributed by atoms with van der Waals surface area (Å²) < 4.78 is 27.7. The zero-order valence-electron chi connectivity index (χ0n) is 9.55.